The maximum absolute atomic E-state index is 11.2. The Hall–Kier alpha value is -1.01. The van der Waals surface area contributed by atoms with Crippen molar-refractivity contribution in [3.8, 4) is 12.3 Å². The van der Waals surface area contributed by atoms with Crippen molar-refractivity contribution in [3.05, 3.63) is 0 Å². The highest BCUT2D eigenvalue weighted by molar-refractivity contribution is 5.76. The van der Waals surface area contributed by atoms with Crippen molar-refractivity contribution < 1.29 is 4.79 Å². The molecule has 0 heterocycles. The van der Waals surface area contributed by atoms with Crippen molar-refractivity contribution in [1.82, 2.24) is 10.6 Å². The molecule has 0 radical (unpaired) electrons. The van der Waals surface area contributed by atoms with Gasteiger partial charge in [-0.2, -0.15) is 0 Å². The van der Waals surface area contributed by atoms with Gasteiger partial charge >= 0.3 is 0 Å². The lowest BCUT2D eigenvalue weighted by Gasteiger charge is -2.11. The maximum atomic E-state index is 11.2. The average molecular weight is 196 g/mol. The Bertz CT molecular complexity index is 206. The molecule has 0 aromatic rings. The molecule has 0 rings (SSSR count). The van der Waals surface area contributed by atoms with Crippen LogP contribution >= 0.6 is 0 Å². The van der Waals surface area contributed by atoms with E-state index in [1.165, 1.54) is 0 Å². The zero-order valence-corrected chi connectivity index (χ0v) is 9.26. The second-order valence-electron chi connectivity index (χ2n) is 3.55. The van der Waals surface area contributed by atoms with Crippen LogP contribution in [-0.2, 0) is 4.79 Å². The van der Waals surface area contributed by atoms with E-state index in [0.29, 0.717) is 13.0 Å². The van der Waals surface area contributed by atoms with E-state index in [2.05, 4.69) is 16.6 Å². The zero-order valence-electron chi connectivity index (χ0n) is 9.26. The smallest absolute Gasteiger partial charge is 0.221 e. The fraction of sp³-hybridized carbons (Fsp3) is 0.727. The van der Waals surface area contributed by atoms with Crippen molar-refractivity contribution in [1.29, 1.82) is 0 Å². The minimum atomic E-state index is 0.0689. The Kier molecular flexibility index (Phi) is 6.87. The van der Waals surface area contributed by atoms with E-state index < -0.39 is 0 Å². The summed E-state index contributed by atoms with van der Waals surface area (Å²) < 4.78 is 0. The van der Waals surface area contributed by atoms with Gasteiger partial charge < -0.3 is 10.6 Å². The first-order chi connectivity index (χ1) is 6.60. The molecule has 80 valence electrons. The quantitative estimate of drug-likeness (QED) is 0.620. The minimum Gasteiger partial charge on any atom is -0.354 e. The number of hydrogen-bond acceptors (Lipinski definition) is 2. The van der Waals surface area contributed by atoms with Gasteiger partial charge in [-0.1, -0.05) is 12.8 Å². The summed E-state index contributed by atoms with van der Waals surface area (Å²) in [5.41, 5.74) is 0. The van der Waals surface area contributed by atoms with Crippen LogP contribution in [0, 0.1) is 12.3 Å². The number of terminal acetylenes is 1. The molecular formula is C11H20N2O. The Balaban J connectivity index is 3.54. The zero-order chi connectivity index (χ0) is 11.0. The minimum absolute atomic E-state index is 0.0689. The van der Waals surface area contributed by atoms with Crippen LogP contribution in [0.2, 0.25) is 0 Å². The largest absolute Gasteiger partial charge is 0.354 e. The molecule has 0 aromatic carbocycles. The van der Waals surface area contributed by atoms with Crippen LogP contribution in [0.15, 0.2) is 0 Å². The SMILES string of the molecule is C#CC(CC)NCCC(=O)NC(C)C. The second-order valence-corrected chi connectivity index (χ2v) is 3.55. The monoisotopic (exact) mass is 196 g/mol. The van der Waals surface area contributed by atoms with E-state index in [1.54, 1.807) is 0 Å². The third-order valence-corrected chi connectivity index (χ3v) is 1.80. The van der Waals surface area contributed by atoms with Gasteiger partial charge in [0.1, 0.15) is 0 Å². The Morgan fingerprint density at radius 2 is 2.14 bits per heavy atom. The van der Waals surface area contributed by atoms with Crippen molar-refractivity contribution in [2.45, 2.75) is 45.7 Å². The normalized spacial score (nSPS) is 12.2. The molecule has 14 heavy (non-hydrogen) atoms. The van der Waals surface area contributed by atoms with Crippen LogP contribution in [0.3, 0.4) is 0 Å². The third kappa shape index (κ3) is 6.50. The van der Waals surface area contributed by atoms with E-state index >= 15 is 0 Å². The van der Waals surface area contributed by atoms with Gasteiger partial charge in [0.15, 0.2) is 0 Å². The van der Waals surface area contributed by atoms with Crippen LogP contribution in [0.25, 0.3) is 0 Å². The molecule has 0 aliphatic rings. The maximum Gasteiger partial charge on any atom is 0.221 e. The summed E-state index contributed by atoms with van der Waals surface area (Å²) in [7, 11) is 0. The van der Waals surface area contributed by atoms with E-state index in [0.717, 1.165) is 6.42 Å². The van der Waals surface area contributed by atoms with Gasteiger partial charge in [0.05, 0.1) is 6.04 Å². The van der Waals surface area contributed by atoms with Crippen molar-refractivity contribution in [2.75, 3.05) is 6.54 Å². The number of carbonyl (C=O) groups excluding carboxylic acids is 1. The predicted octanol–water partition coefficient (Wildman–Crippen LogP) is 0.902. The molecule has 0 spiro atoms. The molecule has 0 aromatic heterocycles. The summed E-state index contributed by atoms with van der Waals surface area (Å²) in [6.45, 7) is 6.55. The van der Waals surface area contributed by atoms with E-state index in [-0.39, 0.29) is 18.0 Å². The number of carbonyl (C=O) groups is 1. The van der Waals surface area contributed by atoms with E-state index in [1.807, 2.05) is 20.8 Å². The summed E-state index contributed by atoms with van der Waals surface area (Å²) in [4.78, 5) is 11.2. The molecular weight excluding hydrogens is 176 g/mol. The van der Waals surface area contributed by atoms with Crippen LogP contribution in [0.4, 0.5) is 0 Å². The molecule has 1 amide bonds. The van der Waals surface area contributed by atoms with Gasteiger partial charge in [0.2, 0.25) is 5.91 Å². The molecule has 1 unspecified atom stereocenters. The highest BCUT2D eigenvalue weighted by Crippen LogP contribution is 1.89. The Morgan fingerprint density at radius 1 is 1.50 bits per heavy atom. The summed E-state index contributed by atoms with van der Waals surface area (Å²) in [5, 5.41) is 5.95. The first-order valence-corrected chi connectivity index (χ1v) is 5.09. The fourth-order valence-electron chi connectivity index (χ4n) is 1.08. The number of rotatable bonds is 6. The van der Waals surface area contributed by atoms with Crippen molar-refractivity contribution >= 4 is 5.91 Å². The molecule has 3 nitrogen and oxygen atoms in total. The summed E-state index contributed by atoms with van der Waals surface area (Å²) in [5.74, 6) is 2.69. The predicted molar refractivity (Wildman–Crippen MR) is 58.8 cm³/mol. The molecule has 0 saturated carbocycles. The molecule has 0 aliphatic carbocycles. The highest BCUT2D eigenvalue weighted by atomic mass is 16.1. The van der Waals surface area contributed by atoms with Crippen LogP contribution in [0.1, 0.15) is 33.6 Å². The summed E-state index contributed by atoms with van der Waals surface area (Å²) >= 11 is 0. The molecule has 0 fully saturated rings. The second kappa shape index (κ2) is 7.40. The van der Waals surface area contributed by atoms with Gasteiger partial charge in [0.25, 0.3) is 0 Å². The molecule has 0 saturated heterocycles. The molecule has 0 aliphatic heterocycles. The van der Waals surface area contributed by atoms with Crippen molar-refractivity contribution in [3.63, 3.8) is 0 Å². The lowest BCUT2D eigenvalue weighted by Crippen LogP contribution is -2.35. The number of hydrogen-bond donors (Lipinski definition) is 2. The van der Waals surface area contributed by atoms with E-state index in [9.17, 15) is 4.79 Å². The van der Waals surface area contributed by atoms with Gasteiger partial charge in [-0.05, 0) is 20.3 Å². The molecule has 3 heteroatoms. The first kappa shape index (κ1) is 13.0. The van der Waals surface area contributed by atoms with Gasteiger partial charge in [0, 0.05) is 19.0 Å². The van der Waals surface area contributed by atoms with Gasteiger partial charge in [-0.25, -0.2) is 0 Å². The first-order valence-electron chi connectivity index (χ1n) is 5.09. The van der Waals surface area contributed by atoms with Gasteiger partial charge in [-0.15, -0.1) is 6.42 Å². The fourth-order valence-corrected chi connectivity index (χ4v) is 1.08. The summed E-state index contributed by atoms with van der Waals surface area (Å²) in [6.07, 6.45) is 6.64. The topological polar surface area (TPSA) is 41.1 Å². The lowest BCUT2D eigenvalue weighted by molar-refractivity contribution is -0.121. The van der Waals surface area contributed by atoms with Crippen LogP contribution in [0.5, 0.6) is 0 Å². The molecule has 2 N–H and O–H groups in total. The van der Waals surface area contributed by atoms with Crippen LogP contribution < -0.4 is 10.6 Å². The number of nitrogens with one attached hydrogen (secondary N) is 2. The third-order valence-electron chi connectivity index (χ3n) is 1.80. The van der Waals surface area contributed by atoms with Gasteiger partial charge in [-0.3, -0.25) is 4.79 Å². The Labute approximate surface area is 86.6 Å². The average Bonchev–Trinajstić information content (AvgIpc) is 2.11. The van der Waals surface area contributed by atoms with Crippen molar-refractivity contribution in [2.24, 2.45) is 0 Å². The summed E-state index contributed by atoms with van der Waals surface area (Å²) in [6, 6.07) is 0.291. The highest BCUT2D eigenvalue weighted by Gasteiger charge is 2.04. The lowest BCUT2D eigenvalue weighted by atomic mass is 10.2. The van der Waals surface area contributed by atoms with E-state index in [4.69, 9.17) is 6.42 Å². The molecule has 1 atom stereocenters. The standard InChI is InChI=1S/C11H20N2O/c1-5-10(6-2)12-8-7-11(14)13-9(3)4/h1,9-10,12H,6-8H2,2-4H3,(H,13,14). The Morgan fingerprint density at radius 3 is 2.57 bits per heavy atom. The van der Waals surface area contributed by atoms with Crippen LogP contribution in [-0.4, -0.2) is 24.5 Å². The molecule has 0 bridgehead atoms. The number of amides is 1.